The number of carbonyl (C=O) groups is 3. The second-order valence-electron chi connectivity index (χ2n) is 7.94. The van der Waals surface area contributed by atoms with Gasteiger partial charge >= 0.3 is 0 Å². The van der Waals surface area contributed by atoms with E-state index in [1.807, 2.05) is 42.5 Å². The number of carbonyl (C=O) groups excluding carboxylic acids is 3. The molecule has 3 aromatic rings. The van der Waals surface area contributed by atoms with Crippen LogP contribution in [0.1, 0.15) is 42.2 Å². The minimum absolute atomic E-state index is 0.266. The van der Waals surface area contributed by atoms with E-state index >= 15 is 0 Å². The topological polar surface area (TPSA) is 84.9 Å². The zero-order valence-electron chi connectivity index (χ0n) is 19.2. The quantitative estimate of drug-likeness (QED) is 0.496. The molecule has 4 rings (SSSR count). The lowest BCUT2D eigenvalue weighted by Gasteiger charge is -2.13. The minimum atomic E-state index is -0.367. The van der Waals surface area contributed by atoms with Crippen molar-refractivity contribution in [3.05, 3.63) is 94.5 Å². The molecule has 0 radical (unpaired) electrons. The maximum atomic E-state index is 12.9. The molecule has 174 valence electrons. The molecule has 1 N–H and O–H groups in total. The van der Waals surface area contributed by atoms with Crippen molar-refractivity contribution in [3.63, 3.8) is 0 Å². The van der Waals surface area contributed by atoms with Gasteiger partial charge in [-0.3, -0.25) is 19.3 Å². The van der Waals surface area contributed by atoms with E-state index < -0.39 is 0 Å². The predicted molar refractivity (Wildman–Crippen MR) is 128 cm³/mol. The molecule has 1 aliphatic heterocycles. The third-order valence-corrected chi connectivity index (χ3v) is 5.87. The molecule has 0 bridgehead atoms. The number of ether oxygens (including phenoxy) is 2. The van der Waals surface area contributed by atoms with Crippen LogP contribution in [0.2, 0.25) is 0 Å². The van der Waals surface area contributed by atoms with Gasteiger partial charge in [-0.15, -0.1) is 0 Å². The predicted octanol–water partition coefficient (Wildman–Crippen LogP) is 3.52. The summed E-state index contributed by atoms with van der Waals surface area (Å²) in [4.78, 5) is 39.5. The van der Waals surface area contributed by atoms with E-state index in [1.165, 1.54) is 11.0 Å². The van der Waals surface area contributed by atoms with Crippen molar-refractivity contribution in [1.82, 2.24) is 10.2 Å². The second-order valence-corrected chi connectivity index (χ2v) is 7.94. The van der Waals surface area contributed by atoms with Crippen molar-refractivity contribution in [1.29, 1.82) is 0 Å². The van der Waals surface area contributed by atoms with Crippen LogP contribution in [0, 0.1) is 0 Å². The van der Waals surface area contributed by atoms with Gasteiger partial charge in [0.2, 0.25) is 0 Å². The molecule has 0 atom stereocenters. The SMILES string of the molecule is COc1ccc(CCNC(=O)c2ccc3c(c2)C(=O)N(CCc2ccccc2)C3=O)c(OC)c1. The highest BCUT2D eigenvalue weighted by Gasteiger charge is 2.35. The standard InChI is InChI=1S/C27H26N2O5/c1-33-21-10-8-19(24(17-21)34-2)12-14-28-25(30)20-9-11-22-23(16-20)27(32)29(26(22)31)15-13-18-6-4-3-5-7-18/h3-11,16-17H,12-15H2,1-2H3,(H,28,30). The summed E-state index contributed by atoms with van der Waals surface area (Å²) in [5.41, 5.74) is 2.92. The van der Waals surface area contributed by atoms with Gasteiger partial charge in [-0.05, 0) is 48.2 Å². The Bertz CT molecular complexity index is 1220. The van der Waals surface area contributed by atoms with Gasteiger partial charge in [-0.1, -0.05) is 36.4 Å². The fraction of sp³-hybridized carbons (Fsp3) is 0.222. The summed E-state index contributed by atoms with van der Waals surface area (Å²) >= 11 is 0. The first-order chi connectivity index (χ1) is 16.5. The van der Waals surface area contributed by atoms with Crippen molar-refractivity contribution in [2.24, 2.45) is 0 Å². The number of benzene rings is 3. The smallest absolute Gasteiger partial charge is 0.261 e. The Morgan fingerprint density at radius 2 is 1.62 bits per heavy atom. The van der Waals surface area contributed by atoms with E-state index in [9.17, 15) is 14.4 Å². The minimum Gasteiger partial charge on any atom is -0.497 e. The first-order valence-electron chi connectivity index (χ1n) is 11.0. The summed E-state index contributed by atoms with van der Waals surface area (Å²) in [7, 11) is 3.18. The second kappa shape index (κ2) is 10.2. The number of nitrogens with zero attached hydrogens (tertiary/aromatic N) is 1. The Morgan fingerprint density at radius 3 is 2.35 bits per heavy atom. The van der Waals surface area contributed by atoms with Crippen LogP contribution in [0.15, 0.2) is 66.7 Å². The van der Waals surface area contributed by atoms with Crippen LogP contribution in [-0.4, -0.2) is 49.9 Å². The van der Waals surface area contributed by atoms with E-state index in [0.29, 0.717) is 48.6 Å². The van der Waals surface area contributed by atoms with Gasteiger partial charge in [0, 0.05) is 24.7 Å². The molecular weight excluding hydrogens is 432 g/mol. The summed E-state index contributed by atoms with van der Waals surface area (Å²) in [5, 5.41) is 2.87. The van der Waals surface area contributed by atoms with Crippen LogP contribution in [0.5, 0.6) is 11.5 Å². The monoisotopic (exact) mass is 458 g/mol. The van der Waals surface area contributed by atoms with Crippen LogP contribution in [0.4, 0.5) is 0 Å². The molecule has 1 aliphatic rings. The lowest BCUT2D eigenvalue weighted by molar-refractivity contribution is 0.0656. The largest absolute Gasteiger partial charge is 0.497 e. The molecule has 0 fully saturated rings. The zero-order chi connectivity index (χ0) is 24.1. The highest BCUT2D eigenvalue weighted by molar-refractivity contribution is 6.22. The van der Waals surface area contributed by atoms with Crippen molar-refractivity contribution >= 4 is 17.7 Å². The summed E-state index contributed by atoms with van der Waals surface area (Å²) in [5.74, 6) is 0.381. The molecule has 7 nitrogen and oxygen atoms in total. The van der Waals surface area contributed by atoms with Crippen molar-refractivity contribution in [2.75, 3.05) is 27.3 Å². The third-order valence-electron chi connectivity index (χ3n) is 5.87. The Labute approximate surface area is 198 Å². The molecule has 0 saturated heterocycles. The van der Waals surface area contributed by atoms with Gasteiger partial charge < -0.3 is 14.8 Å². The Hall–Kier alpha value is -4.13. The number of methoxy groups -OCH3 is 2. The molecule has 0 aromatic heterocycles. The van der Waals surface area contributed by atoms with Crippen LogP contribution in [0.3, 0.4) is 0 Å². The van der Waals surface area contributed by atoms with Crippen molar-refractivity contribution in [3.8, 4) is 11.5 Å². The molecule has 0 spiro atoms. The first kappa shape index (κ1) is 23.0. The first-order valence-corrected chi connectivity index (χ1v) is 11.0. The van der Waals surface area contributed by atoms with Crippen LogP contribution < -0.4 is 14.8 Å². The lowest BCUT2D eigenvalue weighted by atomic mass is 10.1. The number of amides is 3. The molecule has 3 amide bonds. The molecule has 7 heteroatoms. The number of imide groups is 1. The molecule has 3 aromatic carbocycles. The molecule has 0 saturated carbocycles. The summed E-state index contributed by atoms with van der Waals surface area (Å²) < 4.78 is 10.6. The van der Waals surface area contributed by atoms with Gasteiger partial charge in [-0.25, -0.2) is 0 Å². The number of nitrogens with one attached hydrogen (secondary N) is 1. The molecule has 0 unspecified atom stereocenters. The molecule has 1 heterocycles. The number of rotatable bonds is 9. The van der Waals surface area contributed by atoms with Crippen LogP contribution in [-0.2, 0) is 12.8 Å². The van der Waals surface area contributed by atoms with E-state index in [4.69, 9.17) is 9.47 Å². The Balaban J connectivity index is 1.39. The van der Waals surface area contributed by atoms with Gasteiger partial charge in [0.25, 0.3) is 17.7 Å². The van der Waals surface area contributed by atoms with Gasteiger partial charge in [-0.2, -0.15) is 0 Å². The molecule has 0 aliphatic carbocycles. The van der Waals surface area contributed by atoms with Gasteiger partial charge in [0.15, 0.2) is 0 Å². The highest BCUT2D eigenvalue weighted by atomic mass is 16.5. The van der Waals surface area contributed by atoms with Crippen LogP contribution in [0.25, 0.3) is 0 Å². The van der Waals surface area contributed by atoms with Gasteiger partial charge in [0.1, 0.15) is 11.5 Å². The van der Waals surface area contributed by atoms with Crippen LogP contribution >= 0.6 is 0 Å². The zero-order valence-corrected chi connectivity index (χ0v) is 19.2. The van der Waals surface area contributed by atoms with Crippen molar-refractivity contribution in [2.45, 2.75) is 12.8 Å². The number of hydrogen-bond acceptors (Lipinski definition) is 5. The highest BCUT2D eigenvalue weighted by Crippen LogP contribution is 2.26. The maximum Gasteiger partial charge on any atom is 0.261 e. The van der Waals surface area contributed by atoms with E-state index in [2.05, 4.69) is 5.32 Å². The van der Waals surface area contributed by atoms with Gasteiger partial charge in [0.05, 0.1) is 25.3 Å². The maximum absolute atomic E-state index is 12.9. The average Bonchev–Trinajstić information content (AvgIpc) is 3.12. The fourth-order valence-electron chi connectivity index (χ4n) is 3.99. The fourth-order valence-corrected chi connectivity index (χ4v) is 3.99. The van der Waals surface area contributed by atoms with E-state index in [0.717, 1.165) is 11.1 Å². The van der Waals surface area contributed by atoms with E-state index in [-0.39, 0.29) is 23.3 Å². The molecular formula is C27H26N2O5. The normalized spacial score (nSPS) is 12.5. The van der Waals surface area contributed by atoms with E-state index in [1.54, 1.807) is 32.4 Å². The third kappa shape index (κ3) is 4.78. The average molecular weight is 459 g/mol. The van der Waals surface area contributed by atoms with Crippen molar-refractivity contribution < 1.29 is 23.9 Å². The Kier molecular flexibility index (Phi) is 6.92. The summed E-state index contributed by atoms with van der Waals surface area (Å²) in [6.45, 7) is 0.677. The summed E-state index contributed by atoms with van der Waals surface area (Å²) in [6.07, 6.45) is 1.14. The summed E-state index contributed by atoms with van der Waals surface area (Å²) in [6, 6.07) is 19.9. The number of fused-ring (bicyclic) bond motifs is 1. The Morgan fingerprint density at radius 1 is 0.853 bits per heavy atom. The number of hydrogen-bond donors (Lipinski definition) is 1. The lowest BCUT2D eigenvalue weighted by Crippen LogP contribution is -2.31. The molecule has 34 heavy (non-hydrogen) atoms.